The summed E-state index contributed by atoms with van der Waals surface area (Å²) in [7, 11) is 1.47. The highest BCUT2D eigenvalue weighted by molar-refractivity contribution is 5.98. The van der Waals surface area contributed by atoms with E-state index in [4.69, 9.17) is 0 Å². The van der Waals surface area contributed by atoms with Crippen molar-refractivity contribution in [2.75, 3.05) is 7.11 Å². The van der Waals surface area contributed by atoms with Crippen molar-refractivity contribution < 1.29 is 9.53 Å². The van der Waals surface area contributed by atoms with Crippen LogP contribution in [0.15, 0.2) is 54.6 Å². The van der Waals surface area contributed by atoms with Gasteiger partial charge in [-0.25, -0.2) is 0 Å². The molecule has 2 heteroatoms. The molecule has 0 bridgehead atoms. The molecule has 0 atom stereocenters. The topological polar surface area (TPSA) is 26.3 Å². The summed E-state index contributed by atoms with van der Waals surface area (Å²) < 4.78 is 4.67. The standard InChI is InChI=1S/C32H44O2/c1-34-32(33)21-15-13-11-9-7-5-3-2-4-6-8-10-12-14-18-27-22-23-30-25-28-19-16-17-20-29(28)26-31(30)24-27/h16-17,19-20,22-26H,2-15,18,21H2,1H3. The maximum Gasteiger partial charge on any atom is 0.305 e. The fourth-order valence-corrected chi connectivity index (χ4v) is 4.97. The van der Waals surface area contributed by atoms with Gasteiger partial charge in [0, 0.05) is 6.42 Å². The number of hydrogen-bond acceptors (Lipinski definition) is 2. The lowest BCUT2D eigenvalue weighted by Gasteiger charge is -2.06. The first kappa shape index (κ1) is 26.3. The van der Waals surface area contributed by atoms with Gasteiger partial charge in [-0.3, -0.25) is 4.79 Å². The molecule has 0 N–H and O–H groups in total. The lowest BCUT2D eigenvalue weighted by atomic mass is 9.99. The summed E-state index contributed by atoms with van der Waals surface area (Å²) in [4.78, 5) is 11.1. The third-order valence-corrected chi connectivity index (χ3v) is 7.09. The molecule has 3 aromatic carbocycles. The van der Waals surface area contributed by atoms with Crippen molar-refractivity contribution in [1.29, 1.82) is 0 Å². The van der Waals surface area contributed by atoms with Crippen LogP contribution >= 0.6 is 0 Å². The molecule has 0 saturated heterocycles. The summed E-state index contributed by atoms with van der Waals surface area (Å²) in [6.45, 7) is 0. The smallest absolute Gasteiger partial charge is 0.305 e. The predicted octanol–water partition coefficient (Wildman–Crippen LogP) is 9.56. The third kappa shape index (κ3) is 9.49. The number of unbranched alkanes of at least 4 members (excludes halogenated alkanes) is 13. The monoisotopic (exact) mass is 460 g/mol. The molecule has 184 valence electrons. The van der Waals surface area contributed by atoms with Gasteiger partial charge in [0.25, 0.3) is 0 Å². The van der Waals surface area contributed by atoms with E-state index in [-0.39, 0.29) is 5.97 Å². The number of ether oxygens (including phenoxy) is 1. The Labute approximate surface area is 207 Å². The molecule has 0 amide bonds. The van der Waals surface area contributed by atoms with E-state index >= 15 is 0 Å². The molecule has 0 saturated carbocycles. The minimum absolute atomic E-state index is 0.0705. The Balaban J connectivity index is 1.15. The van der Waals surface area contributed by atoms with Gasteiger partial charge in [-0.15, -0.1) is 0 Å². The second-order valence-electron chi connectivity index (χ2n) is 9.91. The Kier molecular flexibility index (Phi) is 12.0. The number of benzene rings is 3. The van der Waals surface area contributed by atoms with E-state index in [2.05, 4.69) is 59.3 Å². The van der Waals surface area contributed by atoms with Gasteiger partial charge in [-0.2, -0.15) is 0 Å². The summed E-state index contributed by atoms with van der Waals surface area (Å²) in [5.41, 5.74) is 1.48. The molecular formula is C32H44O2. The van der Waals surface area contributed by atoms with Crippen LogP contribution in [0.25, 0.3) is 21.5 Å². The van der Waals surface area contributed by atoms with Crippen LogP contribution in [0.4, 0.5) is 0 Å². The van der Waals surface area contributed by atoms with Crippen molar-refractivity contribution in [1.82, 2.24) is 0 Å². The van der Waals surface area contributed by atoms with Crippen molar-refractivity contribution in [3.63, 3.8) is 0 Å². The Morgan fingerprint density at radius 2 is 1.03 bits per heavy atom. The number of esters is 1. The van der Waals surface area contributed by atoms with Crippen LogP contribution in [0.3, 0.4) is 0 Å². The molecule has 0 aliphatic rings. The Morgan fingerprint density at radius 3 is 1.59 bits per heavy atom. The van der Waals surface area contributed by atoms with Gasteiger partial charge in [0.2, 0.25) is 0 Å². The lowest BCUT2D eigenvalue weighted by Crippen LogP contribution is -1.99. The average molecular weight is 461 g/mol. The summed E-state index contributed by atoms with van der Waals surface area (Å²) in [5.74, 6) is -0.0705. The molecule has 0 unspecified atom stereocenters. The van der Waals surface area contributed by atoms with Gasteiger partial charge in [0.15, 0.2) is 0 Å². The number of carbonyl (C=O) groups excluding carboxylic acids is 1. The molecule has 0 spiro atoms. The molecule has 0 heterocycles. The van der Waals surface area contributed by atoms with E-state index in [0.717, 1.165) is 12.8 Å². The third-order valence-electron chi connectivity index (χ3n) is 7.09. The fourth-order valence-electron chi connectivity index (χ4n) is 4.97. The Morgan fingerprint density at radius 1 is 0.559 bits per heavy atom. The number of carbonyl (C=O) groups is 1. The minimum Gasteiger partial charge on any atom is -0.469 e. The average Bonchev–Trinajstić information content (AvgIpc) is 2.86. The SMILES string of the molecule is COC(=O)CCCCCCCCCCCCCCCCc1ccc2cc3ccccc3cc2c1. The van der Waals surface area contributed by atoms with E-state index in [0.29, 0.717) is 6.42 Å². The van der Waals surface area contributed by atoms with E-state index in [9.17, 15) is 4.79 Å². The van der Waals surface area contributed by atoms with E-state index < -0.39 is 0 Å². The number of fused-ring (bicyclic) bond motifs is 2. The van der Waals surface area contributed by atoms with Crippen molar-refractivity contribution in [3.05, 3.63) is 60.2 Å². The summed E-state index contributed by atoms with van der Waals surface area (Å²) in [6, 6.07) is 20.3. The molecule has 0 fully saturated rings. The number of methoxy groups -OCH3 is 1. The number of aryl methyl sites for hydroxylation is 1. The maximum atomic E-state index is 11.1. The molecule has 0 aromatic heterocycles. The van der Waals surface area contributed by atoms with Gasteiger partial charge in [0.05, 0.1) is 7.11 Å². The first-order chi connectivity index (χ1) is 16.8. The van der Waals surface area contributed by atoms with E-state index in [1.807, 2.05) is 0 Å². The molecule has 34 heavy (non-hydrogen) atoms. The van der Waals surface area contributed by atoms with Crippen LogP contribution in [0.1, 0.15) is 102 Å². The van der Waals surface area contributed by atoms with Crippen molar-refractivity contribution >= 4 is 27.5 Å². The Bertz CT molecular complexity index is 991. The molecule has 2 nitrogen and oxygen atoms in total. The quantitative estimate of drug-likeness (QED) is 0.114. The largest absolute Gasteiger partial charge is 0.469 e. The van der Waals surface area contributed by atoms with Gasteiger partial charge in [-0.05, 0) is 58.5 Å². The highest BCUT2D eigenvalue weighted by Crippen LogP contribution is 2.24. The summed E-state index contributed by atoms with van der Waals surface area (Å²) >= 11 is 0. The van der Waals surface area contributed by atoms with Crippen LogP contribution in [0.5, 0.6) is 0 Å². The molecular weight excluding hydrogens is 416 g/mol. The summed E-state index contributed by atoms with van der Waals surface area (Å²) in [6.07, 6.45) is 20.2. The number of hydrogen-bond donors (Lipinski definition) is 0. The first-order valence-corrected chi connectivity index (χ1v) is 13.7. The van der Waals surface area contributed by atoms with Crippen LogP contribution < -0.4 is 0 Å². The van der Waals surface area contributed by atoms with Crippen LogP contribution in [-0.2, 0) is 16.0 Å². The molecule has 0 radical (unpaired) electrons. The van der Waals surface area contributed by atoms with Gasteiger partial charge >= 0.3 is 5.97 Å². The van der Waals surface area contributed by atoms with Crippen molar-refractivity contribution in [3.8, 4) is 0 Å². The van der Waals surface area contributed by atoms with Gasteiger partial charge in [0.1, 0.15) is 0 Å². The predicted molar refractivity (Wildman–Crippen MR) is 146 cm³/mol. The van der Waals surface area contributed by atoms with E-state index in [1.54, 1.807) is 0 Å². The second-order valence-corrected chi connectivity index (χ2v) is 9.91. The van der Waals surface area contributed by atoms with E-state index in [1.165, 1.54) is 118 Å². The minimum atomic E-state index is -0.0705. The van der Waals surface area contributed by atoms with Gasteiger partial charge < -0.3 is 4.74 Å². The molecule has 0 aliphatic carbocycles. The van der Waals surface area contributed by atoms with Crippen molar-refractivity contribution in [2.45, 2.75) is 103 Å². The maximum absolute atomic E-state index is 11.1. The highest BCUT2D eigenvalue weighted by Gasteiger charge is 2.01. The Hall–Kier alpha value is -2.35. The van der Waals surface area contributed by atoms with Crippen LogP contribution in [0.2, 0.25) is 0 Å². The fraction of sp³-hybridized carbons (Fsp3) is 0.531. The zero-order chi connectivity index (χ0) is 23.8. The zero-order valence-corrected chi connectivity index (χ0v) is 21.3. The van der Waals surface area contributed by atoms with Crippen LogP contribution in [0, 0.1) is 0 Å². The number of rotatable bonds is 17. The van der Waals surface area contributed by atoms with Gasteiger partial charge in [-0.1, -0.05) is 120 Å². The lowest BCUT2D eigenvalue weighted by molar-refractivity contribution is -0.140. The molecule has 3 rings (SSSR count). The zero-order valence-electron chi connectivity index (χ0n) is 21.3. The van der Waals surface area contributed by atoms with Crippen LogP contribution in [-0.4, -0.2) is 13.1 Å². The molecule has 0 aliphatic heterocycles. The normalized spacial score (nSPS) is 11.3. The van der Waals surface area contributed by atoms with Crippen molar-refractivity contribution in [2.24, 2.45) is 0 Å². The second kappa shape index (κ2) is 15.5. The summed E-state index contributed by atoms with van der Waals surface area (Å²) in [5, 5.41) is 5.37. The first-order valence-electron chi connectivity index (χ1n) is 13.7. The highest BCUT2D eigenvalue weighted by atomic mass is 16.5. The molecule has 3 aromatic rings.